The summed E-state index contributed by atoms with van der Waals surface area (Å²) in [6, 6.07) is 15.3. The molecule has 0 spiro atoms. The Morgan fingerprint density at radius 2 is 1.75 bits per heavy atom. The zero-order valence-electron chi connectivity index (χ0n) is 15.7. The minimum Gasteiger partial charge on any atom is -0.467 e. The van der Waals surface area contributed by atoms with E-state index in [-0.39, 0.29) is 24.0 Å². The molecule has 0 unspecified atom stereocenters. The molecule has 3 rings (SSSR count). The number of carbonyl (C=O) groups excluding carboxylic acids is 3. The molecule has 0 bridgehead atoms. The van der Waals surface area contributed by atoms with Crippen molar-refractivity contribution >= 4 is 17.7 Å². The number of ether oxygens (including phenoxy) is 2. The Hall–Kier alpha value is -2.99. The van der Waals surface area contributed by atoms with Gasteiger partial charge in [-0.3, -0.25) is 9.59 Å². The molecule has 2 aromatic rings. The van der Waals surface area contributed by atoms with Crippen LogP contribution in [0.4, 0.5) is 0 Å². The number of rotatable bonds is 7. The first-order valence-corrected chi connectivity index (χ1v) is 9.23. The molecule has 1 aliphatic heterocycles. The third kappa shape index (κ3) is 4.84. The third-order valence-electron chi connectivity index (χ3n) is 4.79. The molecule has 0 saturated carbocycles. The number of hydrogen-bond donors (Lipinski definition) is 1. The normalized spacial score (nSPS) is 17.0. The van der Waals surface area contributed by atoms with Crippen molar-refractivity contribution in [1.29, 1.82) is 0 Å². The molecule has 28 heavy (non-hydrogen) atoms. The van der Waals surface area contributed by atoms with E-state index in [9.17, 15) is 14.4 Å². The molecule has 0 aromatic heterocycles. The van der Waals surface area contributed by atoms with Crippen LogP contribution in [0.25, 0.3) is 0 Å². The van der Waals surface area contributed by atoms with Crippen LogP contribution in [0.3, 0.4) is 0 Å². The van der Waals surface area contributed by atoms with Crippen LogP contribution in [0, 0.1) is 5.92 Å². The van der Waals surface area contributed by atoms with Crippen molar-refractivity contribution in [3.8, 4) is 0 Å². The van der Waals surface area contributed by atoms with Gasteiger partial charge in [0.2, 0.25) is 5.91 Å². The van der Waals surface area contributed by atoms with E-state index in [4.69, 9.17) is 9.47 Å². The van der Waals surface area contributed by atoms with Crippen molar-refractivity contribution in [3.05, 3.63) is 71.3 Å². The van der Waals surface area contributed by atoms with Gasteiger partial charge in [-0.2, -0.15) is 0 Å². The van der Waals surface area contributed by atoms with Gasteiger partial charge in [0.1, 0.15) is 6.04 Å². The van der Waals surface area contributed by atoms with E-state index < -0.39 is 12.0 Å². The third-order valence-corrected chi connectivity index (χ3v) is 4.79. The first-order chi connectivity index (χ1) is 13.6. The average molecular weight is 381 g/mol. The molecule has 1 heterocycles. The topological polar surface area (TPSA) is 81.7 Å². The number of amides is 1. The maximum atomic E-state index is 12.5. The zero-order valence-corrected chi connectivity index (χ0v) is 15.7. The lowest BCUT2D eigenvalue weighted by Gasteiger charge is -2.18. The Labute approximate surface area is 163 Å². The van der Waals surface area contributed by atoms with Crippen molar-refractivity contribution in [2.75, 3.05) is 20.3 Å². The summed E-state index contributed by atoms with van der Waals surface area (Å²) in [7, 11) is 1.29. The fourth-order valence-corrected chi connectivity index (χ4v) is 3.15. The monoisotopic (exact) mass is 381 g/mol. The van der Waals surface area contributed by atoms with E-state index >= 15 is 0 Å². The molecule has 0 radical (unpaired) electrons. The maximum Gasteiger partial charge on any atom is 0.328 e. The average Bonchev–Trinajstić information content (AvgIpc) is 3.28. The van der Waals surface area contributed by atoms with Crippen LogP contribution in [0.2, 0.25) is 0 Å². The lowest BCUT2D eigenvalue weighted by molar-refractivity contribution is -0.145. The fraction of sp³-hybridized carbons (Fsp3) is 0.318. The lowest BCUT2D eigenvalue weighted by Crippen LogP contribution is -2.45. The number of carbonyl (C=O) groups is 3. The predicted octanol–water partition coefficient (Wildman–Crippen LogP) is 2.15. The molecular weight excluding hydrogens is 358 g/mol. The summed E-state index contributed by atoms with van der Waals surface area (Å²) in [5.74, 6) is -1.01. The number of methoxy groups -OCH3 is 1. The second-order valence-electron chi connectivity index (χ2n) is 6.74. The summed E-state index contributed by atoms with van der Waals surface area (Å²) < 4.78 is 10.1. The summed E-state index contributed by atoms with van der Waals surface area (Å²) in [4.78, 5) is 36.9. The second-order valence-corrected chi connectivity index (χ2v) is 6.74. The highest BCUT2D eigenvalue weighted by Gasteiger charge is 2.28. The molecular formula is C22H23NO5. The molecule has 1 saturated heterocycles. The summed E-state index contributed by atoms with van der Waals surface area (Å²) in [5, 5.41) is 2.76. The summed E-state index contributed by atoms with van der Waals surface area (Å²) in [6.07, 6.45) is 0.932. The minimum atomic E-state index is -0.784. The van der Waals surface area contributed by atoms with Crippen LogP contribution >= 0.6 is 0 Å². The summed E-state index contributed by atoms with van der Waals surface area (Å²) in [6.45, 7) is 0.925. The maximum absolute atomic E-state index is 12.5. The smallest absolute Gasteiger partial charge is 0.328 e. The van der Waals surface area contributed by atoms with E-state index in [0.717, 1.165) is 5.56 Å². The number of esters is 1. The molecule has 1 fully saturated rings. The predicted molar refractivity (Wildman–Crippen MR) is 103 cm³/mol. The first kappa shape index (κ1) is 19.8. The van der Waals surface area contributed by atoms with Crippen LogP contribution in [0.15, 0.2) is 54.6 Å². The number of ketones is 1. The quantitative estimate of drug-likeness (QED) is 0.587. The van der Waals surface area contributed by atoms with Gasteiger partial charge in [-0.05, 0) is 12.0 Å². The van der Waals surface area contributed by atoms with E-state index in [1.54, 1.807) is 36.4 Å². The SMILES string of the molecule is COC(=O)[C@H](Cc1ccc(C(=O)c2ccccc2)cc1)NC(=O)[C@@H]1CCOC1. The van der Waals surface area contributed by atoms with Crippen LogP contribution in [-0.2, 0) is 25.5 Å². The van der Waals surface area contributed by atoms with Gasteiger partial charge in [0.05, 0.1) is 19.6 Å². The largest absolute Gasteiger partial charge is 0.467 e. The highest BCUT2D eigenvalue weighted by molar-refractivity contribution is 6.08. The van der Waals surface area contributed by atoms with Gasteiger partial charge >= 0.3 is 5.97 Å². The Balaban J connectivity index is 1.67. The fourth-order valence-electron chi connectivity index (χ4n) is 3.15. The van der Waals surface area contributed by atoms with Gasteiger partial charge in [0, 0.05) is 24.2 Å². The van der Waals surface area contributed by atoms with Crippen molar-refractivity contribution in [1.82, 2.24) is 5.32 Å². The van der Waals surface area contributed by atoms with Gasteiger partial charge < -0.3 is 14.8 Å². The van der Waals surface area contributed by atoms with Gasteiger partial charge in [-0.1, -0.05) is 54.6 Å². The highest BCUT2D eigenvalue weighted by Crippen LogP contribution is 2.15. The van der Waals surface area contributed by atoms with Crippen LogP contribution in [-0.4, -0.2) is 44.0 Å². The van der Waals surface area contributed by atoms with Gasteiger partial charge in [0.15, 0.2) is 5.78 Å². The molecule has 1 N–H and O–H groups in total. The minimum absolute atomic E-state index is 0.0637. The molecule has 2 aromatic carbocycles. The summed E-state index contributed by atoms with van der Waals surface area (Å²) in [5.41, 5.74) is 2.01. The number of nitrogens with one attached hydrogen (secondary N) is 1. The van der Waals surface area contributed by atoms with E-state index in [1.165, 1.54) is 7.11 Å². The van der Waals surface area contributed by atoms with Crippen LogP contribution in [0.1, 0.15) is 27.9 Å². The van der Waals surface area contributed by atoms with Gasteiger partial charge in [-0.25, -0.2) is 4.79 Å². The molecule has 1 amide bonds. The van der Waals surface area contributed by atoms with E-state index in [0.29, 0.717) is 30.8 Å². The molecule has 1 aliphatic rings. The van der Waals surface area contributed by atoms with Crippen LogP contribution in [0.5, 0.6) is 0 Å². The van der Waals surface area contributed by atoms with Crippen LogP contribution < -0.4 is 5.32 Å². The van der Waals surface area contributed by atoms with Crippen molar-refractivity contribution in [3.63, 3.8) is 0 Å². The molecule has 0 aliphatic carbocycles. The number of benzene rings is 2. The molecule has 146 valence electrons. The lowest BCUT2D eigenvalue weighted by atomic mass is 9.99. The van der Waals surface area contributed by atoms with E-state index in [1.807, 2.05) is 18.2 Å². The Morgan fingerprint density at radius 1 is 1.07 bits per heavy atom. The number of hydrogen-bond acceptors (Lipinski definition) is 5. The first-order valence-electron chi connectivity index (χ1n) is 9.23. The second kappa shape index (κ2) is 9.28. The van der Waals surface area contributed by atoms with Crippen molar-refractivity contribution < 1.29 is 23.9 Å². The molecule has 6 heteroatoms. The molecule has 6 nitrogen and oxygen atoms in total. The van der Waals surface area contributed by atoms with Gasteiger partial charge in [0.25, 0.3) is 0 Å². The van der Waals surface area contributed by atoms with Crippen molar-refractivity contribution in [2.45, 2.75) is 18.9 Å². The standard InChI is InChI=1S/C22H23NO5/c1-27-22(26)19(23-21(25)18-11-12-28-14-18)13-15-7-9-17(10-8-15)20(24)16-5-3-2-4-6-16/h2-10,18-19H,11-14H2,1H3,(H,23,25)/t18-,19+/m1/s1. The summed E-state index contributed by atoms with van der Waals surface area (Å²) >= 11 is 0. The highest BCUT2D eigenvalue weighted by atomic mass is 16.5. The molecule has 2 atom stereocenters. The zero-order chi connectivity index (χ0) is 19.9. The van der Waals surface area contributed by atoms with Crippen molar-refractivity contribution in [2.24, 2.45) is 5.92 Å². The Kier molecular flexibility index (Phi) is 6.55. The van der Waals surface area contributed by atoms with E-state index in [2.05, 4.69) is 5.32 Å². The Morgan fingerprint density at radius 3 is 2.36 bits per heavy atom. The van der Waals surface area contributed by atoms with Gasteiger partial charge in [-0.15, -0.1) is 0 Å². The Bertz CT molecular complexity index is 826.